The van der Waals surface area contributed by atoms with Crippen molar-refractivity contribution in [3.63, 3.8) is 0 Å². The first-order valence-corrected chi connectivity index (χ1v) is 5.26. The van der Waals surface area contributed by atoms with Gasteiger partial charge in [0.25, 0.3) is 5.56 Å². The normalized spacial score (nSPS) is 11.7. The highest BCUT2D eigenvalue weighted by Gasteiger charge is 2.07. The van der Waals surface area contributed by atoms with Crippen molar-refractivity contribution in [3.05, 3.63) is 28.7 Å². The van der Waals surface area contributed by atoms with Crippen LogP contribution in [0.15, 0.2) is 23.1 Å². The highest BCUT2D eigenvalue weighted by molar-refractivity contribution is 4.84. The molecule has 0 saturated carbocycles. The van der Waals surface area contributed by atoms with Gasteiger partial charge in [0, 0.05) is 24.3 Å². The fourth-order valence-corrected chi connectivity index (χ4v) is 1.25. The molecule has 0 bridgehead atoms. The average Bonchev–Trinajstić information content (AvgIpc) is 2.13. The Balaban J connectivity index is 2.33. The molecule has 0 spiro atoms. The summed E-state index contributed by atoms with van der Waals surface area (Å²) in [6.07, 6.45) is 2.55. The highest BCUT2D eigenvalue weighted by Crippen LogP contribution is 1.98. The highest BCUT2D eigenvalue weighted by atomic mass is 16.1. The monoisotopic (exact) mass is 209 g/mol. The van der Waals surface area contributed by atoms with E-state index in [1.807, 2.05) is 0 Å². The third-order valence-corrected chi connectivity index (χ3v) is 1.99. The minimum Gasteiger partial charge on any atom is -0.312 e. The summed E-state index contributed by atoms with van der Waals surface area (Å²) in [5.74, 6) is 0. The molecular formula is C11H19N3O. The van der Waals surface area contributed by atoms with Gasteiger partial charge in [-0.1, -0.05) is 0 Å². The average molecular weight is 209 g/mol. The smallest absolute Gasteiger partial charge is 0.266 e. The second-order valence-electron chi connectivity index (χ2n) is 4.62. The Kier molecular flexibility index (Phi) is 4.03. The van der Waals surface area contributed by atoms with E-state index in [0.29, 0.717) is 6.54 Å². The van der Waals surface area contributed by atoms with Crippen molar-refractivity contribution in [3.8, 4) is 0 Å². The van der Waals surface area contributed by atoms with Crippen LogP contribution in [0, 0.1) is 0 Å². The molecule has 0 radical (unpaired) electrons. The Bertz CT molecular complexity index is 351. The molecule has 4 heteroatoms. The molecule has 1 aromatic heterocycles. The molecule has 0 aliphatic rings. The van der Waals surface area contributed by atoms with E-state index in [0.717, 1.165) is 13.0 Å². The second kappa shape index (κ2) is 5.07. The zero-order valence-corrected chi connectivity index (χ0v) is 9.66. The van der Waals surface area contributed by atoms with Crippen LogP contribution in [0.25, 0.3) is 0 Å². The summed E-state index contributed by atoms with van der Waals surface area (Å²) >= 11 is 0. The maximum Gasteiger partial charge on any atom is 0.266 e. The number of rotatable bonds is 4. The summed E-state index contributed by atoms with van der Waals surface area (Å²) in [6.45, 7) is 7.94. The van der Waals surface area contributed by atoms with Crippen LogP contribution >= 0.6 is 0 Å². The minimum absolute atomic E-state index is 0.0340. The summed E-state index contributed by atoms with van der Waals surface area (Å²) in [5.41, 5.74) is 0.1000. The minimum atomic E-state index is -0.0340. The van der Waals surface area contributed by atoms with Gasteiger partial charge in [-0.15, -0.1) is 0 Å². The van der Waals surface area contributed by atoms with Crippen molar-refractivity contribution in [1.82, 2.24) is 15.1 Å². The molecular weight excluding hydrogens is 190 g/mol. The molecule has 84 valence electrons. The van der Waals surface area contributed by atoms with E-state index in [1.54, 1.807) is 12.3 Å². The van der Waals surface area contributed by atoms with Gasteiger partial charge in [0.1, 0.15) is 0 Å². The largest absolute Gasteiger partial charge is 0.312 e. The van der Waals surface area contributed by atoms with Gasteiger partial charge < -0.3 is 5.32 Å². The van der Waals surface area contributed by atoms with Gasteiger partial charge >= 0.3 is 0 Å². The summed E-state index contributed by atoms with van der Waals surface area (Å²) < 4.78 is 1.49. The molecule has 1 heterocycles. The third-order valence-electron chi connectivity index (χ3n) is 1.99. The van der Waals surface area contributed by atoms with Crippen molar-refractivity contribution in [2.24, 2.45) is 0 Å². The maximum absolute atomic E-state index is 11.3. The lowest BCUT2D eigenvalue weighted by Crippen LogP contribution is -2.37. The molecule has 1 N–H and O–H groups in total. The molecule has 1 aromatic rings. The van der Waals surface area contributed by atoms with Crippen LogP contribution in [0.1, 0.15) is 27.2 Å². The number of nitrogens with zero attached hydrogens (tertiary/aromatic N) is 2. The van der Waals surface area contributed by atoms with Gasteiger partial charge in [-0.2, -0.15) is 5.10 Å². The van der Waals surface area contributed by atoms with Crippen LogP contribution in [0.5, 0.6) is 0 Å². The maximum atomic E-state index is 11.3. The molecule has 0 saturated heterocycles. The van der Waals surface area contributed by atoms with Crippen molar-refractivity contribution in [1.29, 1.82) is 0 Å². The molecule has 15 heavy (non-hydrogen) atoms. The number of hydrogen-bond donors (Lipinski definition) is 1. The van der Waals surface area contributed by atoms with Crippen molar-refractivity contribution in [2.45, 2.75) is 39.3 Å². The molecule has 0 atom stereocenters. The number of aryl methyl sites for hydroxylation is 1. The first kappa shape index (κ1) is 11.9. The quantitative estimate of drug-likeness (QED) is 0.753. The molecule has 0 aliphatic carbocycles. The lowest BCUT2D eigenvalue weighted by molar-refractivity contribution is 0.406. The summed E-state index contributed by atoms with van der Waals surface area (Å²) in [7, 11) is 0. The fraction of sp³-hybridized carbons (Fsp3) is 0.636. The zero-order chi connectivity index (χ0) is 11.3. The van der Waals surface area contributed by atoms with Crippen LogP contribution in [0.3, 0.4) is 0 Å². The van der Waals surface area contributed by atoms with Gasteiger partial charge in [0.05, 0.1) is 0 Å². The predicted molar refractivity (Wildman–Crippen MR) is 60.9 cm³/mol. The number of aromatic nitrogens is 2. The molecule has 0 fully saturated rings. The van der Waals surface area contributed by atoms with E-state index in [4.69, 9.17) is 0 Å². The van der Waals surface area contributed by atoms with E-state index in [9.17, 15) is 4.79 Å². The molecule has 0 aromatic carbocycles. The Morgan fingerprint density at radius 2 is 2.20 bits per heavy atom. The van der Waals surface area contributed by atoms with Crippen LogP contribution in [0.4, 0.5) is 0 Å². The van der Waals surface area contributed by atoms with Crippen molar-refractivity contribution in [2.75, 3.05) is 6.54 Å². The number of nitrogens with one attached hydrogen (secondary N) is 1. The lowest BCUT2D eigenvalue weighted by atomic mass is 10.1. The van der Waals surface area contributed by atoms with E-state index < -0.39 is 0 Å². The third kappa shape index (κ3) is 4.74. The Labute approximate surface area is 90.3 Å². The summed E-state index contributed by atoms with van der Waals surface area (Å²) in [4.78, 5) is 11.3. The second-order valence-corrected chi connectivity index (χ2v) is 4.62. The standard InChI is InChI=1S/C11H19N3O/c1-11(2,3)12-7-5-9-14-10(15)6-4-8-13-14/h4,6,8,12H,5,7,9H2,1-3H3. The Morgan fingerprint density at radius 1 is 1.47 bits per heavy atom. The first-order chi connectivity index (χ1) is 6.99. The van der Waals surface area contributed by atoms with E-state index >= 15 is 0 Å². The SMILES string of the molecule is CC(C)(C)NCCCn1ncccc1=O. The Hall–Kier alpha value is -1.16. The molecule has 1 rings (SSSR count). The molecule has 4 nitrogen and oxygen atoms in total. The van der Waals surface area contributed by atoms with Crippen molar-refractivity contribution >= 4 is 0 Å². The summed E-state index contributed by atoms with van der Waals surface area (Å²) in [6, 6.07) is 3.19. The Morgan fingerprint density at radius 3 is 2.80 bits per heavy atom. The van der Waals surface area contributed by atoms with Gasteiger partial charge in [0.15, 0.2) is 0 Å². The van der Waals surface area contributed by atoms with Crippen LogP contribution in [-0.2, 0) is 6.54 Å². The van der Waals surface area contributed by atoms with Gasteiger partial charge in [-0.25, -0.2) is 4.68 Å². The zero-order valence-electron chi connectivity index (χ0n) is 9.66. The van der Waals surface area contributed by atoms with Gasteiger partial charge in [-0.3, -0.25) is 4.79 Å². The number of hydrogen-bond acceptors (Lipinski definition) is 3. The van der Waals surface area contributed by atoms with Crippen molar-refractivity contribution < 1.29 is 0 Å². The molecule has 0 unspecified atom stereocenters. The topological polar surface area (TPSA) is 46.9 Å². The van der Waals surface area contributed by atoms with Gasteiger partial charge in [-0.05, 0) is 39.8 Å². The van der Waals surface area contributed by atoms with Crippen LogP contribution in [0.2, 0.25) is 0 Å². The van der Waals surface area contributed by atoms with Gasteiger partial charge in [0.2, 0.25) is 0 Å². The van der Waals surface area contributed by atoms with E-state index in [1.165, 1.54) is 10.7 Å². The first-order valence-electron chi connectivity index (χ1n) is 5.26. The molecule has 0 aliphatic heterocycles. The fourth-order valence-electron chi connectivity index (χ4n) is 1.25. The van der Waals surface area contributed by atoms with Crippen LogP contribution < -0.4 is 10.9 Å². The summed E-state index contributed by atoms with van der Waals surface area (Å²) in [5, 5.41) is 7.36. The van der Waals surface area contributed by atoms with E-state index in [2.05, 4.69) is 31.2 Å². The molecule has 0 amide bonds. The predicted octanol–water partition coefficient (Wildman–Crippen LogP) is 1.02. The van der Waals surface area contributed by atoms with Crippen LogP contribution in [-0.4, -0.2) is 21.9 Å². The lowest BCUT2D eigenvalue weighted by Gasteiger charge is -2.20. The van der Waals surface area contributed by atoms with E-state index in [-0.39, 0.29) is 11.1 Å².